The Labute approximate surface area is 218 Å². The van der Waals surface area contributed by atoms with E-state index in [9.17, 15) is 27.9 Å². The van der Waals surface area contributed by atoms with E-state index in [0.717, 1.165) is 28.3 Å². The highest BCUT2D eigenvalue weighted by atomic mass is 19.4. The summed E-state index contributed by atoms with van der Waals surface area (Å²) < 4.78 is 51.0. The predicted octanol–water partition coefficient (Wildman–Crippen LogP) is 6.80. The van der Waals surface area contributed by atoms with Crippen LogP contribution >= 0.6 is 0 Å². The fourth-order valence-electron chi connectivity index (χ4n) is 3.91. The van der Waals surface area contributed by atoms with Crippen molar-refractivity contribution in [3.05, 3.63) is 82.4 Å². The van der Waals surface area contributed by atoms with Gasteiger partial charge in [0.15, 0.2) is 0 Å². The van der Waals surface area contributed by atoms with Crippen LogP contribution in [0, 0.1) is 0 Å². The fourth-order valence-corrected chi connectivity index (χ4v) is 3.91. The lowest BCUT2D eigenvalue weighted by molar-refractivity contribution is -0.139. The lowest BCUT2D eigenvalue weighted by atomic mass is 9.96. The molecule has 0 spiro atoms. The van der Waals surface area contributed by atoms with E-state index in [4.69, 9.17) is 14.6 Å². The van der Waals surface area contributed by atoms with Crippen LogP contribution in [-0.4, -0.2) is 27.8 Å². The second kappa shape index (κ2) is 11.2. The third-order valence-electron chi connectivity index (χ3n) is 5.68. The minimum absolute atomic E-state index is 0.0374. The molecule has 0 aliphatic rings. The van der Waals surface area contributed by atoms with Crippen LogP contribution in [0.4, 0.5) is 13.2 Å². The van der Waals surface area contributed by atoms with Gasteiger partial charge in [0.25, 0.3) is 0 Å². The van der Waals surface area contributed by atoms with E-state index < -0.39 is 40.6 Å². The number of carboxylic acids is 1. The van der Waals surface area contributed by atoms with E-state index >= 15 is 0 Å². The molecule has 0 aliphatic carbocycles. The second-order valence-corrected chi connectivity index (χ2v) is 9.72. The summed E-state index contributed by atoms with van der Waals surface area (Å²) in [5.74, 6) is -2.80. The van der Waals surface area contributed by atoms with Gasteiger partial charge in [0.1, 0.15) is 29.3 Å². The number of hydrogen-bond donors (Lipinski definition) is 2. The zero-order chi connectivity index (χ0) is 28.3. The number of alkyl halides is 3. The summed E-state index contributed by atoms with van der Waals surface area (Å²) in [7, 11) is 0. The molecule has 3 aromatic carbocycles. The highest BCUT2D eigenvalue weighted by Crippen LogP contribution is 2.39. The number of carbonyl (C=O) groups is 2. The quantitative estimate of drug-likeness (QED) is 0.311. The Balaban J connectivity index is 1.84. The SMILES string of the molecule is CCc1cc(-c2ccc(OCc3ccc(C(F)(F)F)c(O)c3C(=O)OC(C)(C)C)cc2)ccc1CC(=O)O. The molecule has 0 radical (unpaired) electrons. The highest BCUT2D eigenvalue weighted by molar-refractivity contribution is 5.95. The first kappa shape index (κ1) is 28.6. The van der Waals surface area contributed by atoms with Crippen LogP contribution < -0.4 is 4.74 Å². The third kappa shape index (κ3) is 7.06. The number of carboxylic acid groups (broad SMARTS) is 1. The summed E-state index contributed by atoms with van der Waals surface area (Å²) in [4.78, 5) is 23.8. The first-order chi connectivity index (χ1) is 17.7. The average Bonchev–Trinajstić information content (AvgIpc) is 2.81. The van der Waals surface area contributed by atoms with Crippen LogP contribution in [0.2, 0.25) is 0 Å². The van der Waals surface area contributed by atoms with Crippen LogP contribution in [0.5, 0.6) is 11.5 Å². The molecule has 0 unspecified atom stereocenters. The molecule has 0 aromatic heterocycles. The molecule has 3 rings (SSSR count). The summed E-state index contributed by atoms with van der Waals surface area (Å²) in [5.41, 5.74) is 0.543. The maximum Gasteiger partial charge on any atom is 0.419 e. The Kier molecular flexibility index (Phi) is 8.39. The molecule has 38 heavy (non-hydrogen) atoms. The number of carbonyl (C=O) groups excluding carboxylic acids is 1. The number of halogens is 3. The van der Waals surface area contributed by atoms with Gasteiger partial charge in [-0.1, -0.05) is 43.3 Å². The number of esters is 1. The van der Waals surface area contributed by atoms with Gasteiger partial charge in [-0.15, -0.1) is 0 Å². The number of aryl methyl sites for hydroxylation is 1. The van der Waals surface area contributed by atoms with Crippen molar-refractivity contribution in [1.29, 1.82) is 0 Å². The number of benzene rings is 3. The number of phenols is 1. The van der Waals surface area contributed by atoms with E-state index in [1.165, 1.54) is 0 Å². The molecule has 0 saturated heterocycles. The maximum absolute atomic E-state index is 13.3. The molecule has 2 N–H and O–H groups in total. The molecule has 6 nitrogen and oxygen atoms in total. The summed E-state index contributed by atoms with van der Waals surface area (Å²) in [6, 6.07) is 14.3. The smallest absolute Gasteiger partial charge is 0.419 e. The molecule has 202 valence electrons. The Hall–Kier alpha value is -4.01. The average molecular weight is 531 g/mol. The van der Waals surface area contributed by atoms with Gasteiger partial charge in [0.05, 0.1) is 12.0 Å². The first-order valence-corrected chi connectivity index (χ1v) is 11.9. The molecule has 0 bridgehead atoms. The topological polar surface area (TPSA) is 93.1 Å². The minimum atomic E-state index is -4.86. The van der Waals surface area contributed by atoms with Gasteiger partial charge in [-0.2, -0.15) is 13.2 Å². The molecular formula is C29H29F3O6. The van der Waals surface area contributed by atoms with Crippen molar-refractivity contribution < 1.29 is 42.4 Å². The fraction of sp³-hybridized carbons (Fsp3) is 0.310. The third-order valence-corrected chi connectivity index (χ3v) is 5.68. The zero-order valence-electron chi connectivity index (χ0n) is 21.5. The van der Waals surface area contributed by atoms with Gasteiger partial charge in [-0.25, -0.2) is 4.79 Å². The lowest BCUT2D eigenvalue weighted by Gasteiger charge is -2.22. The Morgan fingerprint density at radius 1 is 0.868 bits per heavy atom. The number of phenolic OH excluding ortho intramolecular Hbond substituents is 1. The van der Waals surface area contributed by atoms with Crippen molar-refractivity contribution in [3.63, 3.8) is 0 Å². The van der Waals surface area contributed by atoms with Crippen molar-refractivity contribution in [2.24, 2.45) is 0 Å². The number of rotatable bonds is 8. The molecule has 0 fully saturated rings. The van der Waals surface area contributed by atoms with Crippen molar-refractivity contribution in [2.75, 3.05) is 0 Å². The van der Waals surface area contributed by atoms with E-state index in [1.54, 1.807) is 51.1 Å². The molecule has 0 aliphatic heterocycles. The zero-order valence-corrected chi connectivity index (χ0v) is 21.5. The van der Waals surface area contributed by atoms with Gasteiger partial charge in [-0.05, 0) is 67.6 Å². The standard InChI is InChI=1S/C29H29F3O6/c1-5-17-14-19(6-7-20(17)15-24(33)34)18-8-11-22(12-9-18)37-16-21-10-13-23(29(30,31)32)26(35)25(21)27(36)38-28(2,3)4/h6-14,35H,5,15-16H2,1-4H3,(H,33,34). The van der Waals surface area contributed by atoms with E-state index in [-0.39, 0.29) is 18.6 Å². The van der Waals surface area contributed by atoms with Crippen molar-refractivity contribution >= 4 is 11.9 Å². The molecule has 9 heteroatoms. The number of hydrogen-bond acceptors (Lipinski definition) is 5. The maximum atomic E-state index is 13.3. The second-order valence-electron chi connectivity index (χ2n) is 9.72. The van der Waals surface area contributed by atoms with Crippen molar-refractivity contribution in [1.82, 2.24) is 0 Å². The lowest BCUT2D eigenvalue weighted by Crippen LogP contribution is -2.25. The van der Waals surface area contributed by atoms with E-state index in [2.05, 4.69) is 0 Å². The van der Waals surface area contributed by atoms with Crippen LogP contribution in [0.15, 0.2) is 54.6 Å². The van der Waals surface area contributed by atoms with Gasteiger partial charge in [0.2, 0.25) is 0 Å². The number of aromatic hydroxyl groups is 1. The normalized spacial score (nSPS) is 11.8. The first-order valence-electron chi connectivity index (χ1n) is 11.9. The van der Waals surface area contributed by atoms with Crippen LogP contribution in [0.3, 0.4) is 0 Å². The Morgan fingerprint density at radius 2 is 1.47 bits per heavy atom. The molecule has 0 amide bonds. The highest BCUT2D eigenvalue weighted by Gasteiger charge is 2.37. The summed E-state index contributed by atoms with van der Waals surface area (Å²) in [6.45, 7) is 6.36. The van der Waals surface area contributed by atoms with Crippen molar-refractivity contribution in [3.8, 4) is 22.6 Å². The van der Waals surface area contributed by atoms with Crippen LogP contribution in [-0.2, 0) is 35.2 Å². The number of aliphatic carboxylic acids is 1. The van der Waals surface area contributed by atoms with Crippen LogP contribution in [0.1, 0.15) is 60.3 Å². The Morgan fingerprint density at radius 3 is 2.03 bits per heavy atom. The van der Waals surface area contributed by atoms with Gasteiger partial charge >= 0.3 is 18.1 Å². The van der Waals surface area contributed by atoms with Gasteiger partial charge in [-0.3, -0.25) is 4.79 Å². The summed E-state index contributed by atoms with van der Waals surface area (Å²) in [5, 5.41) is 19.4. The van der Waals surface area contributed by atoms with Crippen LogP contribution in [0.25, 0.3) is 11.1 Å². The summed E-state index contributed by atoms with van der Waals surface area (Å²) in [6.07, 6.45) is -4.24. The molecule has 0 heterocycles. The number of ether oxygens (including phenoxy) is 2. The van der Waals surface area contributed by atoms with E-state index in [1.807, 2.05) is 19.1 Å². The van der Waals surface area contributed by atoms with Crippen molar-refractivity contribution in [2.45, 2.75) is 58.9 Å². The summed E-state index contributed by atoms with van der Waals surface area (Å²) >= 11 is 0. The Bertz CT molecular complexity index is 1320. The van der Waals surface area contributed by atoms with Gasteiger partial charge < -0.3 is 19.7 Å². The van der Waals surface area contributed by atoms with Gasteiger partial charge in [0, 0.05) is 5.56 Å². The molecule has 0 atom stereocenters. The molecule has 0 saturated carbocycles. The minimum Gasteiger partial charge on any atom is -0.506 e. The molecule has 3 aromatic rings. The van der Waals surface area contributed by atoms with E-state index in [0.29, 0.717) is 18.2 Å². The monoisotopic (exact) mass is 530 g/mol. The molecular weight excluding hydrogens is 501 g/mol. The largest absolute Gasteiger partial charge is 0.506 e. The predicted molar refractivity (Wildman–Crippen MR) is 135 cm³/mol.